The topological polar surface area (TPSA) is 68.9 Å². The third-order valence-corrected chi connectivity index (χ3v) is 3.48. The van der Waals surface area contributed by atoms with E-state index in [0.717, 1.165) is 16.9 Å². The van der Waals surface area contributed by atoms with Crippen molar-refractivity contribution in [1.29, 1.82) is 0 Å². The molecule has 1 aliphatic rings. The molecule has 1 aliphatic heterocycles. The molecule has 0 saturated carbocycles. The van der Waals surface area contributed by atoms with Gasteiger partial charge >= 0.3 is 6.36 Å². The van der Waals surface area contributed by atoms with Gasteiger partial charge in [0, 0.05) is 18.7 Å². The smallest absolute Gasteiger partial charge is 0.492 e. The van der Waals surface area contributed by atoms with Crippen molar-refractivity contribution < 1.29 is 22.6 Å². The van der Waals surface area contributed by atoms with Crippen molar-refractivity contribution in [2.75, 3.05) is 18.5 Å². The summed E-state index contributed by atoms with van der Waals surface area (Å²) in [6.45, 7) is 0.876. The Morgan fingerprint density at radius 2 is 1.80 bits per heavy atom. The van der Waals surface area contributed by atoms with Crippen LogP contribution in [0.4, 0.5) is 24.5 Å². The zero-order chi connectivity index (χ0) is 17.9. The van der Waals surface area contributed by atoms with Crippen LogP contribution in [0.15, 0.2) is 47.5 Å². The third kappa shape index (κ3) is 4.79. The highest BCUT2D eigenvalue weighted by Crippen LogP contribution is 2.28. The van der Waals surface area contributed by atoms with Crippen molar-refractivity contribution in [3.8, 4) is 11.5 Å². The molecule has 0 radical (unpaired) electrons. The first-order valence-corrected chi connectivity index (χ1v) is 7.57. The summed E-state index contributed by atoms with van der Waals surface area (Å²) in [6, 6.07) is 11.1. The molecule has 2 aromatic carbocycles. The molecule has 0 spiro atoms. The zero-order valence-electron chi connectivity index (χ0n) is 13.1. The van der Waals surface area contributed by atoms with Gasteiger partial charge in [0.05, 0.1) is 5.69 Å². The van der Waals surface area contributed by atoms with Gasteiger partial charge in [-0.2, -0.15) is 0 Å². The molecule has 0 aromatic heterocycles. The Bertz CT molecular complexity index is 774. The molecule has 2 aromatic rings. The van der Waals surface area contributed by atoms with Gasteiger partial charge < -0.3 is 20.5 Å². The molecule has 132 valence electrons. The summed E-state index contributed by atoms with van der Waals surface area (Å²) in [6.07, 6.45) is -4.02. The first kappa shape index (κ1) is 16.9. The minimum absolute atomic E-state index is 0.282. The molecule has 0 aliphatic carbocycles. The highest BCUT2D eigenvalue weighted by molar-refractivity contribution is 5.91. The van der Waals surface area contributed by atoms with E-state index in [1.807, 2.05) is 18.2 Å². The Labute approximate surface area is 142 Å². The molecular formula is C17H16F3N3O2. The van der Waals surface area contributed by atoms with Crippen LogP contribution >= 0.6 is 0 Å². The molecule has 1 heterocycles. The number of nitrogens with one attached hydrogen (secondary N) is 1. The number of benzene rings is 2. The number of halogens is 3. The Morgan fingerprint density at radius 3 is 2.52 bits per heavy atom. The molecule has 25 heavy (non-hydrogen) atoms. The molecule has 0 bridgehead atoms. The van der Waals surface area contributed by atoms with Gasteiger partial charge in [-0.25, -0.2) is 4.99 Å². The van der Waals surface area contributed by atoms with Crippen LogP contribution in [0.25, 0.3) is 0 Å². The van der Waals surface area contributed by atoms with Crippen LogP contribution in [0.2, 0.25) is 0 Å². The quantitative estimate of drug-likeness (QED) is 0.780. The minimum Gasteiger partial charge on any atom is -0.492 e. The van der Waals surface area contributed by atoms with Gasteiger partial charge in [0.25, 0.3) is 0 Å². The second kappa shape index (κ2) is 6.92. The number of rotatable bonds is 6. The van der Waals surface area contributed by atoms with E-state index in [9.17, 15) is 13.2 Å². The number of hydrogen-bond donors (Lipinski definition) is 2. The van der Waals surface area contributed by atoms with Gasteiger partial charge in [-0.1, -0.05) is 6.07 Å². The van der Waals surface area contributed by atoms with Crippen molar-refractivity contribution in [1.82, 2.24) is 0 Å². The molecule has 0 fully saturated rings. The van der Waals surface area contributed by atoms with Crippen molar-refractivity contribution in [3.63, 3.8) is 0 Å². The SMILES string of the molecule is NC1=Nc2cc(NCCOc3ccc(OC(F)(F)F)cc3)ccc2C1. The number of alkyl halides is 3. The molecule has 3 rings (SSSR count). The molecule has 8 heteroatoms. The lowest BCUT2D eigenvalue weighted by molar-refractivity contribution is -0.274. The molecule has 0 saturated heterocycles. The second-order valence-electron chi connectivity index (χ2n) is 5.42. The van der Waals surface area contributed by atoms with Crippen LogP contribution in [-0.4, -0.2) is 25.3 Å². The van der Waals surface area contributed by atoms with Crippen LogP contribution < -0.4 is 20.5 Å². The summed E-state index contributed by atoms with van der Waals surface area (Å²) in [5, 5.41) is 3.19. The van der Waals surface area contributed by atoms with Crippen LogP contribution in [0, 0.1) is 0 Å². The predicted octanol–water partition coefficient (Wildman–Crippen LogP) is 3.62. The maximum atomic E-state index is 12.1. The summed E-state index contributed by atoms with van der Waals surface area (Å²) >= 11 is 0. The molecule has 0 atom stereocenters. The van der Waals surface area contributed by atoms with Gasteiger partial charge in [0.2, 0.25) is 0 Å². The van der Waals surface area contributed by atoms with Gasteiger partial charge in [0.1, 0.15) is 23.9 Å². The van der Waals surface area contributed by atoms with Crippen LogP contribution in [-0.2, 0) is 6.42 Å². The van der Waals surface area contributed by atoms with E-state index in [1.165, 1.54) is 24.3 Å². The number of anilines is 1. The largest absolute Gasteiger partial charge is 0.573 e. The van der Waals surface area contributed by atoms with Gasteiger partial charge in [-0.15, -0.1) is 13.2 Å². The maximum Gasteiger partial charge on any atom is 0.573 e. The van der Waals surface area contributed by atoms with E-state index in [4.69, 9.17) is 10.5 Å². The van der Waals surface area contributed by atoms with E-state index < -0.39 is 6.36 Å². The lowest BCUT2D eigenvalue weighted by Crippen LogP contribution is -2.17. The summed E-state index contributed by atoms with van der Waals surface area (Å²) < 4.78 is 45.5. The number of nitrogens with two attached hydrogens (primary N) is 1. The van der Waals surface area contributed by atoms with Crippen molar-refractivity contribution in [3.05, 3.63) is 48.0 Å². The second-order valence-corrected chi connectivity index (χ2v) is 5.42. The van der Waals surface area contributed by atoms with Crippen LogP contribution in [0.3, 0.4) is 0 Å². The van der Waals surface area contributed by atoms with Crippen LogP contribution in [0.1, 0.15) is 5.56 Å². The minimum atomic E-state index is -4.70. The average molecular weight is 351 g/mol. The Balaban J connectivity index is 1.45. The van der Waals surface area contributed by atoms with E-state index in [-0.39, 0.29) is 5.75 Å². The number of fused-ring (bicyclic) bond motifs is 1. The molecule has 0 unspecified atom stereocenters. The summed E-state index contributed by atoms with van der Waals surface area (Å²) in [5.74, 6) is 0.784. The third-order valence-electron chi connectivity index (χ3n) is 3.48. The summed E-state index contributed by atoms with van der Waals surface area (Å²) in [4.78, 5) is 4.25. The normalized spacial score (nSPS) is 13.2. The average Bonchev–Trinajstić information content (AvgIpc) is 2.91. The molecule has 5 nitrogen and oxygen atoms in total. The summed E-state index contributed by atoms with van der Waals surface area (Å²) in [5.41, 5.74) is 8.56. The van der Waals surface area contributed by atoms with E-state index in [1.54, 1.807) is 0 Å². The van der Waals surface area contributed by atoms with Crippen molar-refractivity contribution in [2.24, 2.45) is 10.7 Å². The number of nitrogens with zero attached hydrogens (tertiary/aromatic N) is 1. The standard InChI is InChI=1S/C17H16F3N3O2/c18-17(19,20)25-14-5-3-13(4-6-14)24-8-7-22-12-2-1-11-9-16(21)23-15(11)10-12/h1-6,10,22H,7-9H2,(H2,21,23). The fraction of sp³-hybridized carbons (Fsp3) is 0.235. The lowest BCUT2D eigenvalue weighted by Gasteiger charge is -2.11. The Morgan fingerprint density at radius 1 is 1.08 bits per heavy atom. The molecular weight excluding hydrogens is 335 g/mol. The number of hydrogen-bond acceptors (Lipinski definition) is 5. The maximum absolute atomic E-state index is 12.1. The number of amidine groups is 1. The highest BCUT2D eigenvalue weighted by atomic mass is 19.4. The van der Waals surface area contributed by atoms with Gasteiger partial charge in [-0.05, 0) is 42.0 Å². The molecule has 0 amide bonds. The fourth-order valence-electron chi connectivity index (χ4n) is 2.42. The summed E-state index contributed by atoms with van der Waals surface area (Å²) in [7, 11) is 0. The van der Waals surface area contributed by atoms with Crippen molar-refractivity contribution in [2.45, 2.75) is 12.8 Å². The fourth-order valence-corrected chi connectivity index (χ4v) is 2.42. The number of ether oxygens (including phenoxy) is 2. The van der Waals surface area contributed by atoms with E-state index in [2.05, 4.69) is 15.0 Å². The van der Waals surface area contributed by atoms with Gasteiger partial charge in [0.15, 0.2) is 0 Å². The monoisotopic (exact) mass is 351 g/mol. The van der Waals surface area contributed by atoms with E-state index in [0.29, 0.717) is 31.2 Å². The van der Waals surface area contributed by atoms with Crippen molar-refractivity contribution >= 4 is 17.2 Å². The first-order chi connectivity index (χ1) is 11.9. The molecule has 3 N–H and O–H groups in total. The predicted molar refractivity (Wildman–Crippen MR) is 88.5 cm³/mol. The van der Waals surface area contributed by atoms with Crippen LogP contribution in [0.5, 0.6) is 11.5 Å². The number of aliphatic imine (C=N–C) groups is 1. The first-order valence-electron chi connectivity index (χ1n) is 7.57. The Kier molecular flexibility index (Phi) is 4.69. The Hall–Kier alpha value is -2.90. The van der Waals surface area contributed by atoms with E-state index >= 15 is 0 Å². The van der Waals surface area contributed by atoms with Gasteiger partial charge in [-0.3, -0.25) is 0 Å². The zero-order valence-corrected chi connectivity index (χ0v) is 13.1. The highest BCUT2D eigenvalue weighted by Gasteiger charge is 2.30. The lowest BCUT2D eigenvalue weighted by atomic mass is 10.1.